The third-order valence-electron chi connectivity index (χ3n) is 3.91. The van der Waals surface area contributed by atoms with Gasteiger partial charge in [-0.2, -0.15) is 0 Å². The van der Waals surface area contributed by atoms with Crippen molar-refractivity contribution in [2.24, 2.45) is 0 Å². The SMILES string of the molecule is Cc1c(S(=O)(=O)c2ccc(Cl)cc2)c2cc(Cl)ccc2n1CC(=O)[O-].[Na+].[Na+].[OH-]. The molecule has 0 saturated heterocycles. The molecule has 3 aromatic rings. The van der Waals surface area contributed by atoms with Gasteiger partial charge in [0.25, 0.3) is 0 Å². The second-order valence-corrected chi connectivity index (χ2v) is 8.25. The van der Waals surface area contributed by atoms with Gasteiger partial charge in [-0.3, -0.25) is 0 Å². The number of halogens is 2. The molecule has 0 radical (unpaired) electrons. The minimum absolute atomic E-state index is 0. The predicted octanol–water partition coefficient (Wildman–Crippen LogP) is -3.33. The minimum atomic E-state index is -3.90. The van der Waals surface area contributed by atoms with Gasteiger partial charge in [0.1, 0.15) is 4.90 Å². The molecule has 1 heterocycles. The third-order valence-corrected chi connectivity index (χ3v) is 6.34. The summed E-state index contributed by atoms with van der Waals surface area (Å²) in [5.74, 6) is -1.31. The normalized spacial score (nSPS) is 10.5. The number of carbonyl (C=O) groups excluding carboxylic acids is 1. The average molecular weight is 460 g/mol. The Hall–Kier alpha value is -0.0600. The van der Waals surface area contributed by atoms with E-state index in [4.69, 9.17) is 23.2 Å². The van der Waals surface area contributed by atoms with E-state index in [1.165, 1.54) is 34.9 Å². The molecule has 0 aliphatic heterocycles. The zero-order valence-corrected chi connectivity index (χ0v) is 21.8. The Bertz CT molecular complexity index is 1100. The quantitative estimate of drug-likeness (QED) is 0.379. The molecule has 1 N–H and O–H groups in total. The van der Waals surface area contributed by atoms with Gasteiger partial charge >= 0.3 is 59.1 Å². The first kappa shape index (κ1) is 27.9. The van der Waals surface area contributed by atoms with Crippen molar-refractivity contribution in [1.82, 2.24) is 4.57 Å². The van der Waals surface area contributed by atoms with Gasteiger partial charge in [-0.15, -0.1) is 0 Å². The molecule has 0 spiro atoms. The van der Waals surface area contributed by atoms with Crippen LogP contribution >= 0.6 is 23.2 Å². The molecule has 0 amide bonds. The van der Waals surface area contributed by atoms with Crippen LogP contribution in [-0.2, 0) is 21.2 Å². The first-order valence-electron chi connectivity index (χ1n) is 7.20. The average Bonchev–Trinajstić information content (AvgIpc) is 2.79. The molecule has 0 aliphatic carbocycles. The smallest absolute Gasteiger partial charge is 0.870 e. The fourth-order valence-corrected chi connectivity index (χ4v) is 4.81. The van der Waals surface area contributed by atoms with Crippen molar-refractivity contribution in [2.75, 3.05) is 0 Å². The van der Waals surface area contributed by atoms with Crippen LogP contribution in [0.5, 0.6) is 0 Å². The second kappa shape index (κ2) is 10.8. The first-order chi connectivity index (χ1) is 11.7. The summed E-state index contributed by atoms with van der Waals surface area (Å²) < 4.78 is 27.6. The maximum atomic E-state index is 13.1. The zero-order valence-electron chi connectivity index (χ0n) is 15.4. The summed E-state index contributed by atoms with van der Waals surface area (Å²) in [5, 5.41) is 12.2. The number of hydrogen-bond donors (Lipinski definition) is 0. The van der Waals surface area contributed by atoms with Crippen LogP contribution in [0.3, 0.4) is 0 Å². The first-order valence-corrected chi connectivity index (χ1v) is 9.44. The van der Waals surface area contributed by atoms with Gasteiger partial charge in [0.05, 0.1) is 22.9 Å². The van der Waals surface area contributed by atoms with E-state index in [0.717, 1.165) is 0 Å². The molecule has 0 atom stereocenters. The second-order valence-electron chi connectivity index (χ2n) is 5.49. The topological polar surface area (TPSA) is 109 Å². The van der Waals surface area contributed by atoms with Gasteiger partial charge in [0, 0.05) is 21.1 Å². The molecular formula is C17H13Cl2NNa2O5S. The van der Waals surface area contributed by atoms with Crippen LogP contribution in [0.25, 0.3) is 10.9 Å². The van der Waals surface area contributed by atoms with Crippen molar-refractivity contribution in [3.8, 4) is 0 Å². The summed E-state index contributed by atoms with van der Waals surface area (Å²) in [4.78, 5) is 11.2. The van der Waals surface area contributed by atoms with Crippen molar-refractivity contribution >= 4 is 49.9 Å². The summed E-state index contributed by atoms with van der Waals surface area (Å²) in [6.45, 7) is 1.10. The molecule has 138 valence electrons. The number of carbonyl (C=O) groups is 1. The van der Waals surface area contributed by atoms with E-state index in [2.05, 4.69) is 0 Å². The number of hydrogen-bond acceptors (Lipinski definition) is 5. The molecule has 0 aliphatic rings. The molecule has 0 bridgehead atoms. The van der Waals surface area contributed by atoms with Crippen LogP contribution in [0.4, 0.5) is 0 Å². The Morgan fingerprint density at radius 3 is 2.11 bits per heavy atom. The monoisotopic (exact) mass is 459 g/mol. The van der Waals surface area contributed by atoms with Gasteiger partial charge in [0.15, 0.2) is 0 Å². The van der Waals surface area contributed by atoms with E-state index < -0.39 is 22.4 Å². The summed E-state index contributed by atoms with van der Waals surface area (Å²) >= 11 is 11.9. The number of carboxylic acids is 1. The zero-order chi connectivity index (χ0) is 18.4. The number of aliphatic carboxylic acids is 1. The predicted molar refractivity (Wildman–Crippen MR) is 95.5 cm³/mol. The van der Waals surface area contributed by atoms with Gasteiger partial charge < -0.3 is 19.9 Å². The van der Waals surface area contributed by atoms with Gasteiger partial charge in [-0.05, 0) is 49.4 Å². The van der Waals surface area contributed by atoms with E-state index in [1.807, 2.05) is 0 Å². The summed E-state index contributed by atoms with van der Waals surface area (Å²) in [6, 6.07) is 10.5. The van der Waals surface area contributed by atoms with Crippen LogP contribution in [0.1, 0.15) is 5.69 Å². The molecular weight excluding hydrogens is 447 g/mol. The van der Waals surface area contributed by atoms with Gasteiger partial charge in [-0.25, -0.2) is 8.42 Å². The number of sulfone groups is 1. The Morgan fingerprint density at radius 1 is 1.04 bits per heavy atom. The third kappa shape index (κ3) is 5.35. The Morgan fingerprint density at radius 2 is 1.57 bits per heavy atom. The number of benzene rings is 2. The van der Waals surface area contributed by atoms with Crippen LogP contribution in [0, 0.1) is 6.92 Å². The van der Waals surface area contributed by atoms with Gasteiger partial charge in [-0.1, -0.05) is 23.2 Å². The van der Waals surface area contributed by atoms with E-state index in [0.29, 0.717) is 26.6 Å². The van der Waals surface area contributed by atoms with Crippen LogP contribution in [-0.4, -0.2) is 24.4 Å². The Kier molecular flexibility index (Phi) is 10.8. The maximum Gasteiger partial charge on any atom is 1.00 e. The van der Waals surface area contributed by atoms with Crippen LogP contribution in [0.2, 0.25) is 10.0 Å². The van der Waals surface area contributed by atoms with Crippen LogP contribution < -0.4 is 64.2 Å². The van der Waals surface area contributed by atoms with Crippen molar-refractivity contribution in [3.63, 3.8) is 0 Å². The van der Waals surface area contributed by atoms with E-state index in [9.17, 15) is 18.3 Å². The molecule has 3 rings (SSSR count). The van der Waals surface area contributed by atoms with Gasteiger partial charge in [0.2, 0.25) is 9.84 Å². The number of fused-ring (bicyclic) bond motifs is 1. The van der Waals surface area contributed by atoms with E-state index in [1.54, 1.807) is 19.1 Å². The molecule has 28 heavy (non-hydrogen) atoms. The molecule has 0 fully saturated rings. The number of rotatable bonds is 4. The Labute approximate surface area is 216 Å². The summed E-state index contributed by atoms with van der Waals surface area (Å²) in [5.41, 5.74) is 0.759. The number of nitrogens with zero attached hydrogens (tertiary/aromatic N) is 1. The molecule has 0 saturated carbocycles. The Balaban J connectivity index is 0.00000243. The standard InChI is InChI=1S/C17H13Cl2NO4S.2Na.H2O/c1-10-17(25(23,24)13-5-2-11(18)3-6-13)14-8-12(19)4-7-15(14)20(10)9-16(21)22;;;/h2-8H,9H2,1H3,(H,21,22);;;1H2/q;2*+1;/p-2. The largest absolute Gasteiger partial charge is 1.00 e. The number of aromatic nitrogens is 1. The summed E-state index contributed by atoms with van der Waals surface area (Å²) in [6.07, 6.45) is 0. The fraction of sp³-hybridized carbons (Fsp3) is 0.118. The molecule has 1 aromatic heterocycles. The van der Waals surface area contributed by atoms with E-state index in [-0.39, 0.29) is 74.4 Å². The molecule has 2 aromatic carbocycles. The minimum Gasteiger partial charge on any atom is -0.870 e. The van der Waals surface area contributed by atoms with Crippen molar-refractivity contribution in [3.05, 3.63) is 58.2 Å². The van der Waals surface area contributed by atoms with Crippen molar-refractivity contribution < 1.29 is 82.9 Å². The van der Waals surface area contributed by atoms with Crippen molar-refractivity contribution in [1.29, 1.82) is 0 Å². The molecule has 6 nitrogen and oxygen atoms in total. The van der Waals surface area contributed by atoms with E-state index >= 15 is 0 Å². The summed E-state index contributed by atoms with van der Waals surface area (Å²) in [7, 11) is -3.90. The van der Waals surface area contributed by atoms with Crippen molar-refractivity contribution in [2.45, 2.75) is 23.3 Å². The molecule has 0 unspecified atom stereocenters. The fourth-order valence-electron chi connectivity index (χ4n) is 2.83. The molecule has 11 heteroatoms. The number of carboxylic acid groups (broad SMARTS) is 1. The maximum absolute atomic E-state index is 13.1. The van der Waals surface area contributed by atoms with Crippen LogP contribution in [0.15, 0.2) is 52.3 Å².